The van der Waals surface area contributed by atoms with E-state index in [1.807, 2.05) is 0 Å². The van der Waals surface area contributed by atoms with Crippen molar-refractivity contribution in [3.8, 4) is 0 Å². The van der Waals surface area contributed by atoms with Crippen LogP contribution in [0.5, 0.6) is 0 Å². The Kier molecular flexibility index (Phi) is 3.71. The first-order valence-electron chi connectivity index (χ1n) is 7.72. The van der Waals surface area contributed by atoms with E-state index in [9.17, 15) is 14.7 Å². The number of hydrogen-bond acceptors (Lipinski definition) is 3. The second-order valence-electron chi connectivity index (χ2n) is 6.87. The van der Waals surface area contributed by atoms with Gasteiger partial charge in [-0.1, -0.05) is 6.42 Å². The smallest absolute Gasteiger partial charge is 0.308 e. The van der Waals surface area contributed by atoms with Crippen molar-refractivity contribution in [2.24, 2.45) is 29.6 Å². The molecule has 1 aliphatic heterocycles. The maximum absolute atomic E-state index is 11.3. The van der Waals surface area contributed by atoms with E-state index in [1.165, 1.54) is 25.7 Å². The third-order valence-corrected chi connectivity index (χ3v) is 5.71. The molecule has 2 bridgehead atoms. The SMILES string of the molecule is O=C(O)C1CCN(CC2CC3CCC2C3)CC1C(=O)O. The molecule has 0 aromatic rings. The molecule has 3 rings (SSSR count). The second-order valence-corrected chi connectivity index (χ2v) is 6.87. The highest BCUT2D eigenvalue weighted by atomic mass is 16.4. The molecule has 5 unspecified atom stereocenters. The number of carboxylic acid groups (broad SMARTS) is 2. The van der Waals surface area contributed by atoms with Crippen LogP contribution in [0.2, 0.25) is 0 Å². The van der Waals surface area contributed by atoms with Gasteiger partial charge >= 0.3 is 11.9 Å². The Morgan fingerprint density at radius 1 is 1.00 bits per heavy atom. The van der Waals surface area contributed by atoms with Gasteiger partial charge in [-0.25, -0.2) is 0 Å². The van der Waals surface area contributed by atoms with Crippen molar-refractivity contribution < 1.29 is 19.8 Å². The summed E-state index contributed by atoms with van der Waals surface area (Å²) >= 11 is 0. The van der Waals surface area contributed by atoms with Gasteiger partial charge in [-0.2, -0.15) is 0 Å². The standard InChI is InChI=1S/C15H23NO4/c17-14(18)12-3-4-16(8-13(12)15(19)20)7-11-6-9-1-2-10(11)5-9/h9-13H,1-8H2,(H,17,18)(H,19,20). The first-order chi connectivity index (χ1) is 9.54. The van der Waals surface area contributed by atoms with Crippen LogP contribution in [0.1, 0.15) is 32.1 Å². The normalized spacial score (nSPS) is 40.9. The minimum Gasteiger partial charge on any atom is -0.481 e. The molecule has 2 saturated carbocycles. The van der Waals surface area contributed by atoms with Crippen molar-refractivity contribution in [2.75, 3.05) is 19.6 Å². The van der Waals surface area contributed by atoms with Gasteiger partial charge in [0.15, 0.2) is 0 Å². The molecule has 5 nitrogen and oxygen atoms in total. The summed E-state index contributed by atoms with van der Waals surface area (Å²) in [6, 6.07) is 0. The number of aliphatic carboxylic acids is 2. The average molecular weight is 281 g/mol. The summed E-state index contributed by atoms with van der Waals surface area (Å²) in [6.07, 6.45) is 5.83. The molecule has 20 heavy (non-hydrogen) atoms. The quantitative estimate of drug-likeness (QED) is 0.817. The number of hydrogen-bond donors (Lipinski definition) is 2. The third kappa shape index (κ3) is 2.55. The predicted molar refractivity (Wildman–Crippen MR) is 72.2 cm³/mol. The molecule has 2 N–H and O–H groups in total. The maximum Gasteiger partial charge on any atom is 0.308 e. The molecule has 0 aromatic heterocycles. The molecule has 0 spiro atoms. The van der Waals surface area contributed by atoms with Crippen LogP contribution in [-0.4, -0.2) is 46.7 Å². The molecule has 3 aliphatic rings. The van der Waals surface area contributed by atoms with Crippen molar-refractivity contribution in [3.63, 3.8) is 0 Å². The van der Waals surface area contributed by atoms with E-state index >= 15 is 0 Å². The third-order valence-electron chi connectivity index (χ3n) is 5.71. The molecule has 3 fully saturated rings. The average Bonchev–Trinajstić information content (AvgIpc) is 3.00. The summed E-state index contributed by atoms with van der Waals surface area (Å²) in [7, 11) is 0. The minimum atomic E-state index is -0.963. The fourth-order valence-electron chi connectivity index (χ4n) is 4.66. The van der Waals surface area contributed by atoms with E-state index in [-0.39, 0.29) is 0 Å². The number of nitrogens with zero attached hydrogens (tertiary/aromatic N) is 1. The number of carboxylic acids is 2. The first kappa shape index (κ1) is 13.9. The maximum atomic E-state index is 11.3. The molecule has 0 radical (unpaired) electrons. The van der Waals surface area contributed by atoms with Gasteiger partial charge in [0.05, 0.1) is 11.8 Å². The molecule has 0 aromatic carbocycles. The van der Waals surface area contributed by atoms with Crippen LogP contribution in [-0.2, 0) is 9.59 Å². The van der Waals surface area contributed by atoms with Gasteiger partial charge in [0.25, 0.3) is 0 Å². The Morgan fingerprint density at radius 3 is 2.30 bits per heavy atom. The zero-order valence-corrected chi connectivity index (χ0v) is 11.7. The lowest BCUT2D eigenvalue weighted by Crippen LogP contribution is -2.48. The van der Waals surface area contributed by atoms with Crippen LogP contribution in [0.3, 0.4) is 0 Å². The monoisotopic (exact) mass is 281 g/mol. The predicted octanol–water partition coefficient (Wildman–Crippen LogP) is 1.53. The summed E-state index contributed by atoms with van der Waals surface area (Å²) < 4.78 is 0. The first-order valence-corrected chi connectivity index (χ1v) is 7.72. The van der Waals surface area contributed by atoms with E-state index in [1.54, 1.807) is 0 Å². The Hall–Kier alpha value is -1.10. The Bertz CT molecular complexity index is 411. The van der Waals surface area contributed by atoms with Crippen LogP contribution < -0.4 is 0 Å². The van der Waals surface area contributed by atoms with Crippen molar-refractivity contribution >= 4 is 11.9 Å². The van der Waals surface area contributed by atoms with E-state index in [0.29, 0.717) is 18.9 Å². The number of carbonyl (C=O) groups is 2. The summed E-state index contributed by atoms with van der Waals surface area (Å²) in [4.78, 5) is 24.6. The molecule has 2 aliphatic carbocycles. The fraction of sp³-hybridized carbons (Fsp3) is 0.867. The molecule has 1 heterocycles. The zero-order chi connectivity index (χ0) is 14.3. The van der Waals surface area contributed by atoms with Crippen LogP contribution in [0.4, 0.5) is 0 Å². The highest BCUT2D eigenvalue weighted by Gasteiger charge is 2.43. The lowest BCUT2D eigenvalue weighted by Gasteiger charge is -2.37. The summed E-state index contributed by atoms with van der Waals surface area (Å²) in [5, 5.41) is 18.4. The topological polar surface area (TPSA) is 77.8 Å². The molecule has 1 saturated heterocycles. The number of fused-ring (bicyclic) bond motifs is 2. The number of rotatable bonds is 4. The van der Waals surface area contributed by atoms with E-state index in [2.05, 4.69) is 4.90 Å². The van der Waals surface area contributed by atoms with Crippen molar-refractivity contribution in [2.45, 2.75) is 32.1 Å². The van der Waals surface area contributed by atoms with E-state index in [4.69, 9.17) is 5.11 Å². The minimum absolute atomic E-state index is 0.403. The van der Waals surface area contributed by atoms with E-state index < -0.39 is 23.8 Å². The summed E-state index contributed by atoms with van der Waals surface area (Å²) in [5.41, 5.74) is 0. The van der Waals surface area contributed by atoms with Gasteiger partial charge < -0.3 is 15.1 Å². The lowest BCUT2D eigenvalue weighted by molar-refractivity contribution is -0.157. The highest BCUT2D eigenvalue weighted by Crippen LogP contribution is 2.48. The molecule has 0 amide bonds. The van der Waals surface area contributed by atoms with Gasteiger partial charge in [0.2, 0.25) is 0 Å². The second kappa shape index (κ2) is 5.35. The van der Waals surface area contributed by atoms with Crippen LogP contribution in [0, 0.1) is 29.6 Å². The van der Waals surface area contributed by atoms with Gasteiger partial charge in [-0.15, -0.1) is 0 Å². The van der Waals surface area contributed by atoms with E-state index in [0.717, 1.165) is 24.9 Å². The summed E-state index contributed by atoms with van der Waals surface area (Å²) in [6.45, 7) is 2.10. The fourth-order valence-corrected chi connectivity index (χ4v) is 4.66. The molecule has 5 heteroatoms. The zero-order valence-electron chi connectivity index (χ0n) is 11.7. The largest absolute Gasteiger partial charge is 0.481 e. The van der Waals surface area contributed by atoms with Crippen LogP contribution >= 0.6 is 0 Å². The van der Waals surface area contributed by atoms with Gasteiger partial charge in [0.1, 0.15) is 0 Å². The molecular formula is C15H23NO4. The van der Waals surface area contributed by atoms with Gasteiger partial charge in [-0.3, -0.25) is 9.59 Å². The summed E-state index contributed by atoms with van der Waals surface area (Å²) in [5.74, 6) is -0.947. The van der Waals surface area contributed by atoms with Crippen molar-refractivity contribution in [1.29, 1.82) is 0 Å². The number of piperidine rings is 1. The van der Waals surface area contributed by atoms with Crippen molar-refractivity contribution in [1.82, 2.24) is 4.90 Å². The molecular weight excluding hydrogens is 258 g/mol. The van der Waals surface area contributed by atoms with Crippen LogP contribution in [0.15, 0.2) is 0 Å². The van der Waals surface area contributed by atoms with Crippen molar-refractivity contribution in [3.05, 3.63) is 0 Å². The van der Waals surface area contributed by atoms with Crippen LogP contribution in [0.25, 0.3) is 0 Å². The molecule has 112 valence electrons. The van der Waals surface area contributed by atoms with Gasteiger partial charge in [0, 0.05) is 13.1 Å². The Labute approximate surface area is 119 Å². The lowest BCUT2D eigenvalue weighted by atomic mass is 9.83. The highest BCUT2D eigenvalue weighted by molar-refractivity contribution is 5.80. The number of likely N-dealkylation sites (tertiary alicyclic amines) is 1. The Balaban J connectivity index is 1.59. The van der Waals surface area contributed by atoms with Gasteiger partial charge in [-0.05, 0) is 50.0 Å². The Morgan fingerprint density at radius 2 is 1.75 bits per heavy atom. The molecule has 5 atom stereocenters.